The molecule has 1 saturated carbocycles. The Morgan fingerprint density at radius 3 is 2.60 bits per heavy atom. The molecule has 7 rings (SSSR count). The van der Waals surface area contributed by atoms with Crippen LogP contribution < -0.4 is 5.32 Å². The van der Waals surface area contributed by atoms with Gasteiger partial charge < -0.3 is 19.5 Å². The van der Waals surface area contributed by atoms with Crippen LogP contribution in [0.3, 0.4) is 0 Å². The molecule has 0 bridgehead atoms. The van der Waals surface area contributed by atoms with Crippen LogP contribution in [0.5, 0.6) is 0 Å². The number of esters is 1. The van der Waals surface area contributed by atoms with Gasteiger partial charge in [0.2, 0.25) is 0 Å². The first kappa shape index (κ1) is 27.2. The van der Waals surface area contributed by atoms with Crippen molar-refractivity contribution in [2.24, 2.45) is 5.92 Å². The van der Waals surface area contributed by atoms with Crippen LogP contribution in [0.25, 0.3) is 32.8 Å². The number of carbonyl (C=O) groups excluding carboxylic acids is 1. The average molecular weight is 577 g/mol. The molecule has 8 nitrogen and oxygen atoms in total. The maximum absolute atomic E-state index is 14.6. The lowest BCUT2D eigenvalue weighted by Gasteiger charge is -2.35. The molecule has 3 aliphatic rings. The van der Waals surface area contributed by atoms with Crippen LogP contribution in [0, 0.1) is 17.6 Å². The second kappa shape index (κ2) is 11.2. The fourth-order valence-corrected chi connectivity index (χ4v) is 6.64. The molecule has 1 atom stereocenters. The van der Waals surface area contributed by atoms with E-state index in [9.17, 15) is 13.6 Å². The van der Waals surface area contributed by atoms with Gasteiger partial charge in [-0.25, -0.2) is 18.4 Å². The summed E-state index contributed by atoms with van der Waals surface area (Å²) in [4.78, 5) is 17.3. The van der Waals surface area contributed by atoms with Gasteiger partial charge in [-0.15, -0.1) is 0 Å². The van der Waals surface area contributed by atoms with Gasteiger partial charge in [-0.3, -0.25) is 4.79 Å². The van der Waals surface area contributed by atoms with Crippen molar-refractivity contribution in [3.63, 3.8) is 0 Å². The SMILES string of the molecule is COC(=O)[C@H]1C[C@H](Nc2nc(C3CCOCC3)c(-c3ccc(F)c(F)c3)c3cc4cnn(C5CCCCO5)c4cc23)C1. The number of aromatic nitrogens is 3. The van der Waals surface area contributed by atoms with Crippen LogP contribution in [0.2, 0.25) is 0 Å². The number of pyridine rings is 1. The molecule has 1 N–H and O–H groups in total. The summed E-state index contributed by atoms with van der Waals surface area (Å²) in [7, 11) is 1.42. The fraction of sp³-hybridized carbons (Fsp3) is 0.469. The Hall–Kier alpha value is -3.63. The molecule has 10 heteroatoms. The lowest BCUT2D eigenvalue weighted by Crippen LogP contribution is -2.40. The number of anilines is 1. The quantitative estimate of drug-likeness (QED) is 0.263. The standard InChI is InChI=1S/C32H34F2N4O4/c1-40-32(39)20-12-22(13-20)36-31-24-16-27-21(17-35-38(27)28-4-2-3-9-42-28)14-23(24)29(19-5-6-25(33)26(34)15-19)30(37-31)18-7-10-41-11-8-18/h5-6,14-18,20,22,28H,2-4,7-13H2,1H3,(H,36,37)/t20-,22-,28?. The maximum Gasteiger partial charge on any atom is 0.308 e. The van der Waals surface area contributed by atoms with Crippen LogP contribution >= 0.6 is 0 Å². The summed E-state index contributed by atoms with van der Waals surface area (Å²) in [5.41, 5.74) is 3.14. The van der Waals surface area contributed by atoms with E-state index >= 15 is 0 Å². The van der Waals surface area contributed by atoms with Crippen molar-refractivity contribution >= 4 is 33.5 Å². The first-order valence-corrected chi connectivity index (χ1v) is 14.8. The van der Waals surface area contributed by atoms with Gasteiger partial charge in [0.25, 0.3) is 0 Å². The molecule has 0 spiro atoms. The highest BCUT2D eigenvalue weighted by Crippen LogP contribution is 2.44. The molecule has 2 saturated heterocycles. The van der Waals surface area contributed by atoms with Crippen LogP contribution in [-0.2, 0) is 19.0 Å². The smallest absolute Gasteiger partial charge is 0.308 e. The summed E-state index contributed by atoms with van der Waals surface area (Å²) in [6.07, 6.45) is 7.57. The van der Waals surface area contributed by atoms with Gasteiger partial charge in [0, 0.05) is 48.1 Å². The maximum atomic E-state index is 14.6. The predicted molar refractivity (Wildman–Crippen MR) is 154 cm³/mol. The van der Waals surface area contributed by atoms with E-state index < -0.39 is 11.6 Å². The number of nitrogens with one attached hydrogen (secondary N) is 1. The summed E-state index contributed by atoms with van der Waals surface area (Å²) in [5, 5.41) is 11.0. The molecule has 1 aliphatic carbocycles. The monoisotopic (exact) mass is 576 g/mol. The van der Waals surface area contributed by atoms with E-state index in [1.807, 2.05) is 10.9 Å². The molecule has 4 aromatic rings. The summed E-state index contributed by atoms with van der Waals surface area (Å²) in [5.74, 6) is -1.31. The number of rotatable bonds is 6. The number of methoxy groups -OCH3 is 1. The second-order valence-corrected chi connectivity index (χ2v) is 11.6. The Morgan fingerprint density at radius 1 is 1.02 bits per heavy atom. The zero-order valence-electron chi connectivity index (χ0n) is 23.6. The van der Waals surface area contributed by atoms with Gasteiger partial charge in [-0.05, 0) is 80.2 Å². The average Bonchev–Trinajstić information content (AvgIpc) is 3.42. The number of nitrogens with zero attached hydrogens (tertiary/aromatic N) is 3. The highest BCUT2D eigenvalue weighted by molar-refractivity contribution is 6.09. The number of hydrogen-bond acceptors (Lipinski definition) is 7. The van der Waals surface area contributed by atoms with E-state index in [2.05, 4.69) is 17.4 Å². The topological polar surface area (TPSA) is 87.5 Å². The zero-order chi connectivity index (χ0) is 28.8. The highest BCUT2D eigenvalue weighted by atomic mass is 19.2. The molecule has 2 aliphatic heterocycles. The van der Waals surface area contributed by atoms with Gasteiger partial charge in [-0.2, -0.15) is 5.10 Å². The molecule has 42 heavy (non-hydrogen) atoms. The van der Waals surface area contributed by atoms with Gasteiger partial charge in [0.15, 0.2) is 17.9 Å². The van der Waals surface area contributed by atoms with Crippen molar-refractivity contribution in [2.75, 3.05) is 32.2 Å². The molecule has 2 aromatic carbocycles. The van der Waals surface area contributed by atoms with E-state index in [0.29, 0.717) is 44.0 Å². The molecular weight excluding hydrogens is 542 g/mol. The van der Waals surface area contributed by atoms with E-state index in [4.69, 9.17) is 24.3 Å². The Morgan fingerprint density at radius 2 is 1.86 bits per heavy atom. The zero-order valence-corrected chi connectivity index (χ0v) is 23.6. The lowest BCUT2D eigenvalue weighted by molar-refractivity contribution is -0.148. The molecule has 0 radical (unpaired) electrons. The first-order chi connectivity index (χ1) is 20.5. The Labute approximate surface area is 242 Å². The van der Waals surface area contributed by atoms with E-state index in [-0.39, 0.29) is 30.1 Å². The Bertz CT molecular complexity index is 1640. The van der Waals surface area contributed by atoms with Crippen molar-refractivity contribution in [1.82, 2.24) is 14.8 Å². The molecule has 0 amide bonds. The number of benzene rings is 2. The van der Waals surface area contributed by atoms with Crippen LogP contribution in [-0.4, -0.2) is 53.7 Å². The Kier molecular flexibility index (Phi) is 7.27. The van der Waals surface area contributed by atoms with E-state index in [0.717, 1.165) is 65.0 Å². The number of hydrogen-bond donors (Lipinski definition) is 1. The molecule has 220 valence electrons. The van der Waals surface area contributed by atoms with E-state index in [1.165, 1.54) is 19.2 Å². The molecule has 1 unspecified atom stereocenters. The predicted octanol–water partition coefficient (Wildman–Crippen LogP) is 6.49. The van der Waals surface area contributed by atoms with E-state index in [1.54, 1.807) is 6.07 Å². The largest absolute Gasteiger partial charge is 0.469 e. The minimum absolute atomic E-state index is 0.0590. The third kappa shape index (κ3) is 4.90. The van der Waals surface area contributed by atoms with Crippen molar-refractivity contribution in [2.45, 2.75) is 63.1 Å². The van der Waals surface area contributed by atoms with Crippen LogP contribution in [0.4, 0.5) is 14.6 Å². The van der Waals surface area contributed by atoms with Crippen molar-refractivity contribution in [1.29, 1.82) is 0 Å². The number of ether oxygens (including phenoxy) is 3. The molecule has 2 aromatic heterocycles. The van der Waals surface area contributed by atoms with Crippen molar-refractivity contribution in [3.8, 4) is 11.1 Å². The molecule has 4 heterocycles. The number of fused-ring (bicyclic) bond motifs is 2. The summed E-state index contributed by atoms with van der Waals surface area (Å²) < 4.78 is 47.3. The van der Waals surface area contributed by atoms with Gasteiger partial charge in [-0.1, -0.05) is 6.07 Å². The lowest BCUT2D eigenvalue weighted by atomic mass is 9.80. The third-order valence-electron chi connectivity index (χ3n) is 9.01. The van der Waals surface area contributed by atoms with Gasteiger partial charge in [0.1, 0.15) is 5.82 Å². The third-order valence-corrected chi connectivity index (χ3v) is 9.01. The molecular formula is C32H34F2N4O4. The van der Waals surface area contributed by atoms with Gasteiger partial charge in [0.05, 0.1) is 30.4 Å². The molecule has 3 fully saturated rings. The minimum Gasteiger partial charge on any atom is -0.469 e. The first-order valence-electron chi connectivity index (χ1n) is 14.8. The summed E-state index contributed by atoms with van der Waals surface area (Å²) in [6.45, 7) is 1.92. The Balaban J connectivity index is 1.42. The summed E-state index contributed by atoms with van der Waals surface area (Å²) >= 11 is 0. The number of halogens is 2. The normalized spacial score (nSPS) is 23.2. The minimum atomic E-state index is -0.896. The van der Waals surface area contributed by atoms with Crippen LogP contribution in [0.15, 0.2) is 36.5 Å². The fourth-order valence-electron chi connectivity index (χ4n) is 6.64. The summed E-state index contributed by atoms with van der Waals surface area (Å²) in [6, 6.07) is 8.29. The highest BCUT2D eigenvalue weighted by Gasteiger charge is 2.36. The van der Waals surface area contributed by atoms with Crippen LogP contribution in [0.1, 0.15) is 62.8 Å². The second-order valence-electron chi connectivity index (χ2n) is 11.6. The van der Waals surface area contributed by atoms with Crippen molar-refractivity contribution in [3.05, 3.63) is 53.9 Å². The van der Waals surface area contributed by atoms with Crippen molar-refractivity contribution < 1.29 is 27.8 Å². The van der Waals surface area contributed by atoms with Gasteiger partial charge >= 0.3 is 5.97 Å². The number of carbonyl (C=O) groups is 1.